The van der Waals surface area contributed by atoms with Crippen LogP contribution in [0.5, 0.6) is 0 Å². The molecule has 0 heterocycles. The second kappa shape index (κ2) is 47.3. The maximum Gasteiger partial charge on any atom is 0.305 e. The molecule has 0 saturated carbocycles. The molecule has 0 bridgehead atoms. The van der Waals surface area contributed by atoms with E-state index in [4.69, 9.17) is 4.74 Å². The Balaban J connectivity index is 3.48. The second-order valence-corrected chi connectivity index (χ2v) is 17.5. The van der Waals surface area contributed by atoms with Gasteiger partial charge in [-0.15, -0.1) is 0 Å². The number of carbonyl (C=O) groups is 2. The predicted octanol–water partition coefficient (Wildman–Crippen LogP) is 15.0. The molecule has 0 fully saturated rings. The third-order valence-corrected chi connectivity index (χ3v) is 11.8. The highest BCUT2D eigenvalue weighted by molar-refractivity contribution is 5.76. The summed E-state index contributed by atoms with van der Waals surface area (Å²) in [7, 11) is 0. The first-order chi connectivity index (χ1) is 28.0. The van der Waals surface area contributed by atoms with E-state index in [0.29, 0.717) is 25.9 Å². The van der Waals surface area contributed by atoms with E-state index in [-0.39, 0.29) is 18.5 Å². The SMILES string of the molecule is CCCCCCCCCCCCCCCCC(=O)OCCCCCCCC/C=C\CCCCCC(=O)NC(CO)C(O)CCCCCCCCCCCCCCC. The molecule has 1 amide bonds. The number of unbranched alkanes of at least 4 members (excludes halogenated alkanes) is 34. The number of allylic oxidation sites excluding steroid dienone is 2. The first-order valence-corrected chi connectivity index (χ1v) is 25.4. The van der Waals surface area contributed by atoms with Crippen molar-refractivity contribution in [1.29, 1.82) is 0 Å². The van der Waals surface area contributed by atoms with Gasteiger partial charge in [-0.3, -0.25) is 9.59 Å². The molecule has 0 rings (SSSR count). The van der Waals surface area contributed by atoms with Gasteiger partial charge in [0.1, 0.15) is 0 Å². The largest absolute Gasteiger partial charge is 0.466 e. The normalized spacial score (nSPS) is 12.7. The first-order valence-electron chi connectivity index (χ1n) is 25.4. The Kier molecular flexibility index (Phi) is 46.1. The summed E-state index contributed by atoms with van der Waals surface area (Å²) in [6.45, 7) is 4.91. The van der Waals surface area contributed by atoms with E-state index < -0.39 is 12.1 Å². The number of hydrogen-bond donors (Lipinski definition) is 3. The van der Waals surface area contributed by atoms with Crippen LogP contribution in [-0.2, 0) is 14.3 Å². The molecule has 0 aliphatic carbocycles. The molecule has 0 aromatic carbocycles. The minimum absolute atomic E-state index is 0.0103. The topological polar surface area (TPSA) is 95.9 Å². The summed E-state index contributed by atoms with van der Waals surface area (Å²) in [5.74, 6) is -0.0747. The van der Waals surface area contributed by atoms with Crippen LogP contribution in [0.2, 0.25) is 0 Å². The molecule has 57 heavy (non-hydrogen) atoms. The molecule has 0 spiro atoms. The maximum atomic E-state index is 12.4. The van der Waals surface area contributed by atoms with Gasteiger partial charge < -0.3 is 20.3 Å². The van der Waals surface area contributed by atoms with Gasteiger partial charge in [0.05, 0.1) is 25.4 Å². The number of aliphatic hydroxyl groups is 2. The van der Waals surface area contributed by atoms with Gasteiger partial charge in [0.15, 0.2) is 0 Å². The average molecular weight is 806 g/mol. The number of amides is 1. The fourth-order valence-electron chi connectivity index (χ4n) is 7.87. The molecule has 6 nitrogen and oxygen atoms in total. The standard InChI is InChI=1S/C51H99NO5/c1-3-5-7-9-11-13-15-17-21-25-29-33-37-41-45-51(56)57-46-42-38-34-30-26-22-18-20-24-28-32-36-40-44-50(55)52-48(47-53)49(54)43-39-35-31-27-23-19-16-14-12-10-8-6-4-2/h20,24,48-49,53-54H,3-19,21-23,25-47H2,1-2H3,(H,52,55)/b24-20-. The number of rotatable bonds is 47. The Morgan fingerprint density at radius 3 is 1.26 bits per heavy atom. The molecule has 2 unspecified atom stereocenters. The van der Waals surface area contributed by atoms with Crippen molar-refractivity contribution >= 4 is 11.9 Å². The quantitative estimate of drug-likeness (QED) is 0.0323. The van der Waals surface area contributed by atoms with Crippen LogP contribution in [0.25, 0.3) is 0 Å². The molecule has 3 N–H and O–H groups in total. The van der Waals surface area contributed by atoms with Crippen LogP contribution in [0, 0.1) is 0 Å². The Labute approximate surface area is 355 Å². The molecule has 0 aromatic heterocycles. The lowest BCUT2D eigenvalue weighted by molar-refractivity contribution is -0.143. The Hall–Kier alpha value is -1.40. The molecule has 0 radical (unpaired) electrons. The fraction of sp³-hybridized carbons (Fsp3) is 0.922. The third-order valence-electron chi connectivity index (χ3n) is 11.8. The van der Waals surface area contributed by atoms with Gasteiger partial charge in [-0.1, -0.05) is 225 Å². The monoisotopic (exact) mass is 806 g/mol. The van der Waals surface area contributed by atoms with E-state index in [1.54, 1.807) is 0 Å². The zero-order valence-electron chi connectivity index (χ0n) is 38.3. The van der Waals surface area contributed by atoms with Gasteiger partial charge in [-0.2, -0.15) is 0 Å². The highest BCUT2D eigenvalue weighted by atomic mass is 16.5. The van der Waals surface area contributed by atoms with Crippen molar-refractivity contribution in [2.45, 2.75) is 289 Å². The molecular formula is C51H99NO5. The molecule has 338 valence electrons. The zero-order valence-corrected chi connectivity index (χ0v) is 38.3. The second-order valence-electron chi connectivity index (χ2n) is 17.5. The van der Waals surface area contributed by atoms with Gasteiger partial charge in [0.2, 0.25) is 5.91 Å². The van der Waals surface area contributed by atoms with Crippen molar-refractivity contribution in [1.82, 2.24) is 5.32 Å². The maximum absolute atomic E-state index is 12.4. The summed E-state index contributed by atoms with van der Waals surface area (Å²) in [4.78, 5) is 24.4. The van der Waals surface area contributed by atoms with Gasteiger partial charge >= 0.3 is 5.97 Å². The lowest BCUT2D eigenvalue weighted by atomic mass is 10.0. The van der Waals surface area contributed by atoms with E-state index in [1.807, 2.05) is 0 Å². The highest BCUT2D eigenvalue weighted by Gasteiger charge is 2.20. The van der Waals surface area contributed by atoms with Crippen LogP contribution in [0.3, 0.4) is 0 Å². The van der Waals surface area contributed by atoms with Crippen LogP contribution in [0.1, 0.15) is 277 Å². The van der Waals surface area contributed by atoms with Gasteiger partial charge in [-0.25, -0.2) is 0 Å². The van der Waals surface area contributed by atoms with Gasteiger partial charge in [-0.05, 0) is 51.4 Å². The highest BCUT2D eigenvalue weighted by Crippen LogP contribution is 2.16. The summed E-state index contributed by atoms with van der Waals surface area (Å²) in [5, 5.41) is 23.1. The van der Waals surface area contributed by atoms with Gasteiger partial charge in [0.25, 0.3) is 0 Å². The van der Waals surface area contributed by atoms with Crippen molar-refractivity contribution in [2.24, 2.45) is 0 Å². The smallest absolute Gasteiger partial charge is 0.305 e. The van der Waals surface area contributed by atoms with E-state index in [2.05, 4.69) is 31.3 Å². The van der Waals surface area contributed by atoms with E-state index in [1.165, 1.54) is 173 Å². The Morgan fingerprint density at radius 1 is 0.474 bits per heavy atom. The molecule has 6 heteroatoms. The number of ether oxygens (including phenoxy) is 1. The van der Waals surface area contributed by atoms with E-state index in [9.17, 15) is 19.8 Å². The zero-order chi connectivity index (χ0) is 41.5. The summed E-state index contributed by atoms with van der Waals surface area (Å²) in [6, 6.07) is -0.559. The molecule has 0 aliphatic rings. The summed E-state index contributed by atoms with van der Waals surface area (Å²) >= 11 is 0. The first kappa shape index (κ1) is 55.6. The van der Waals surface area contributed by atoms with Crippen molar-refractivity contribution < 1.29 is 24.5 Å². The van der Waals surface area contributed by atoms with Crippen molar-refractivity contribution in [3.8, 4) is 0 Å². The molecule has 0 aromatic rings. The average Bonchev–Trinajstić information content (AvgIpc) is 3.21. The number of carbonyl (C=O) groups excluding carboxylic acids is 2. The number of esters is 1. The predicted molar refractivity (Wildman–Crippen MR) is 246 cm³/mol. The number of nitrogens with one attached hydrogen (secondary N) is 1. The number of aliphatic hydroxyl groups excluding tert-OH is 2. The van der Waals surface area contributed by atoms with Crippen LogP contribution < -0.4 is 5.32 Å². The van der Waals surface area contributed by atoms with Crippen LogP contribution >= 0.6 is 0 Å². The third kappa shape index (κ3) is 44.0. The Bertz CT molecular complexity index is 847. The minimum Gasteiger partial charge on any atom is -0.466 e. The lowest BCUT2D eigenvalue weighted by Gasteiger charge is -2.22. The van der Waals surface area contributed by atoms with E-state index in [0.717, 1.165) is 70.6 Å². The van der Waals surface area contributed by atoms with Crippen LogP contribution in [0.15, 0.2) is 12.2 Å². The molecule has 0 saturated heterocycles. The summed E-state index contributed by atoms with van der Waals surface area (Å²) in [5.41, 5.74) is 0. The van der Waals surface area contributed by atoms with Crippen molar-refractivity contribution in [2.75, 3.05) is 13.2 Å². The van der Waals surface area contributed by atoms with E-state index >= 15 is 0 Å². The summed E-state index contributed by atoms with van der Waals surface area (Å²) in [6.07, 6.45) is 53.2. The number of hydrogen-bond acceptors (Lipinski definition) is 5. The van der Waals surface area contributed by atoms with Crippen LogP contribution in [-0.4, -0.2) is 47.4 Å². The summed E-state index contributed by atoms with van der Waals surface area (Å²) < 4.78 is 5.45. The molecule has 0 aliphatic heterocycles. The van der Waals surface area contributed by atoms with Crippen molar-refractivity contribution in [3.05, 3.63) is 12.2 Å². The fourth-order valence-corrected chi connectivity index (χ4v) is 7.87. The molecule has 2 atom stereocenters. The Morgan fingerprint density at radius 2 is 0.825 bits per heavy atom. The van der Waals surface area contributed by atoms with Crippen molar-refractivity contribution in [3.63, 3.8) is 0 Å². The lowest BCUT2D eigenvalue weighted by Crippen LogP contribution is -2.45. The minimum atomic E-state index is -0.679. The van der Waals surface area contributed by atoms with Crippen LogP contribution in [0.4, 0.5) is 0 Å². The molecular weight excluding hydrogens is 707 g/mol. The van der Waals surface area contributed by atoms with Gasteiger partial charge in [0, 0.05) is 12.8 Å².